The number of benzene rings is 1. The summed E-state index contributed by atoms with van der Waals surface area (Å²) in [5.74, 6) is 1.03. The molecule has 0 aliphatic carbocycles. The molecule has 1 aromatic rings. The van der Waals surface area contributed by atoms with Crippen LogP contribution in [-0.4, -0.2) is 37.2 Å². The van der Waals surface area contributed by atoms with Crippen molar-refractivity contribution in [2.24, 2.45) is 0 Å². The highest BCUT2D eigenvalue weighted by atomic mass is 35.5. The summed E-state index contributed by atoms with van der Waals surface area (Å²) in [7, 11) is 0. The summed E-state index contributed by atoms with van der Waals surface area (Å²) in [6.07, 6.45) is 0.235. The molecule has 102 valence electrons. The van der Waals surface area contributed by atoms with Crippen molar-refractivity contribution in [1.82, 2.24) is 10.2 Å². The average molecular weight is 271 g/mol. The molecule has 2 rings (SSSR count). The van der Waals surface area contributed by atoms with Gasteiger partial charge in [0.15, 0.2) is 0 Å². The predicted molar refractivity (Wildman–Crippen MR) is 77.6 cm³/mol. The van der Waals surface area contributed by atoms with Gasteiger partial charge in [-0.15, -0.1) is 12.4 Å². The van der Waals surface area contributed by atoms with E-state index in [9.17, 15) is 0 Å². The summed E-state index contributed by atoms with van der Waals surface area (Å²) in [6.45, 7) is 9.56. The Balaban J connectivity index is 0.00000162. The zero-order valence-corrected chi connectivity index (χ0v) is 12.0. The van der Waals surface area contributed by atoms with Crippen LogP contribution in [0.5, 0.6) is 5.75 Å². The standard InChI is InChI=1S/C14H22N2O.ClH/c1-12(2)17-14-6-4-3-5-13(14)11-16-9-7-15-8-10-16;/h3-6,12,15H,7-11H2,1-2H3;1H. The highest BCUT2D eigenvalue weighted by molar-refractivity contribution is 5.85. The fourth-order valence-electron chi connectivity index (χ4n) is 2.11. The van der Waals surface area contributed by atoms with Crippen molar-refractivity contribution < 1.29 is 4.74 Å². The molecule has 0 unspecified atom stereocenters. The van der Waals surface area contributed by atoms with E-state index >= 15 is 0 Å². The van der Waals surface area contributed by atoms with E-state index in [0.29, 0.717) is 0 Å². The lowest BCUT2D eigenvalue weighted by atomic mass is 10.1. The largest absolute Gasteiger partial charge is 0.491 e. The van der Waals surface area contributed by atoms with Crippen LogP contribution in [0.3, 0.4) is 0 Å². The molecule has 3 nitrogen and oxygen atoms in total. The maximum Gasteiger partial charge on any atom is 0.124 e. The van der Waals surface area contributed by atoms with Gasteiger partial charge in [0.2, 0.25) is 0 Å². The normalized spacial score (nSPS) is 16.4. The SMILES string of the molecule is CC(C)Oc1ccccc1CN1CCNCC1.Cl. The van der Waals surface area contributed by atoms with Gasteiger partial charge in [0.25, 0.3) is 0 Å². The Labute approximate surface area is 116 Å². The summed E-state index contributed by atoms with van der Waals surface area (Å²) in [6, 6.07) is 8.36. The first-order valence-electron chi connectivity index (χ1n) is 6.43. The molecule has 1 N–H and O–H groups in total. The van der Waals surface area contributed by atoms with Crippen molar-refractivity contribution in [3.8, 4) is 5.75 Å². The summed E-state index contributed by atoms with van der Waals surface area (Å²) in [4.78, 5) is 2.47. The summed E-state index contributed by atoms with van der Waals surface area (Å²) in [5.41, 5.74) is 1.29. The first-order chi connectivity index (χ1) is 8.25. The number of piperazine rings is 1. The molecule has 0 spiro atoms. The first-order valence-corrected chi connectivity index (χ1v) is 6.43. The monoisotopic (exact) mass is 270 g/mol. The molecule has 1 aromatic carbocycles. The maximum absolute atomic E-state index is 5.84. The van der Waals surface area contributed by atoms with Gasteiger partial charge in [0.05, 0.1) is 6.10 Å². The Morgan fingerprint density at radius 2 is 1.89 bits per heavy atom. The van der Waals surface area contributed by atoms with E-state index in [-0.39, 0.29) is 18.5 Å². The third-order valence-electron chi connectivity index (χ3n) is 2.94. The van der Waals surface area contributed by atoms with Crippen molar-refractivity contribution in [2.45, 2.75) is 26.5 Å². The highest BCUT2D eigenvalue weighted by Crippen LogP contribution is 2.21. The molecule has 18 heavy (non-hydrogen) atoms. The number of hydrogen-bond acceptors (Lipinski definition) is 3. The minimum Gasteiger partial charge on any atom is -0.491 e. The molecule has 0 bridgehead atoms. The molecule has 4 heteroatoms. The Morgan fingerprint density at radius 1 is 1.22 bits per heavy atom. The van der Waals surface area contributed by atoms with E-state index in [1.165, 1.54) is 5.56 Å². The van der Waals surface area contributed by atoms with Crippen LogP contribution in [0.25, 0.3) is 0 Å². The Kier molecular flexibility index (Phi) is 6.47. The molecule has 0 radical (unpaired) electrons. The molecule has 1 saturated heterocycles. The molecule has 1 fully saturated rings. The van der Waals surface area contributed by atoms with Crippen molar-refractivity contribution in [1.29, 1.82) is 0 Å². The second-order valence-corrected chi connectivity index (χ2v) is 4.80. The van der Waals surface area contributed by atoms with E-state index in [4.69, 9.17) is 4.74 Å². The van der Waals surface area contributed by atoms with Gasteiger partial charge in [-0.3, -0.25) is 4.90 Å². The predicted octanol–water partition coefficient (Wildman–Crippen LogP) is 2.30. The van der Waals surface area contributed by atoms with E-state index in [0.717, 1.165) is 38.5 Å². The maximum atomic E-state index is 5.84. The molecule has 0 amide bonds. The number of rotatable bonds is 4. The van der Waals surface area contributed by atoms with E-state index < -0.39 is 0 Å². The first kappa shape index (κ1) is 15.3. The Morgan fingerprint density at radius 3 is 2.56 bits per heavy atom. The van der Waals surface area contributed by atoms with Gasteiger partial charge < -0.3 is 10.1 Å². The van der Waals surface area contributed by atoms with Crippen LogP contribution in [0.15, 0.2) is 24.3 Å². The molecular formula is C14H23ClN2O. The zero-order chi connectivity index (χ0) is 12.1. The van der Waals surface area contributed by atoms with Gasteiger partial charge in [-0.1, -0.05) is 18.2 Å². The van der Waals surface area contributed by atoms with Gasteiger partial charge >= 0.3 is 0 Å². The van der Waals surface area contributed by atoms with Gasteiger partial charge in [-0.25, -0.2) is 0 Å². The number of para-hydroxylation sites is 1. The lowest BCUT2D eigenvalue weighted by molar-refractivity contribution is 0.214. The molecule has 0 saturated carbocycles. The van der Waals surface area contributed by atoms with Crippen LogP contribution < -0.4 is 10.1 Å². The second kappa shape index (κ2) is 7.62. The molecule has 0 aromatic heterocycles. The van der Waals surface area contributed by atoms with Crippen LogP contribution in [0.4, 0.5) is 0 Å². The quantitative estimate of drug-likeness (QED) is 0.909. The van der Waals surface area contributed by atoms with Crippen LogP contribution >= 0.6 is 12.4 Å². The molecular weight excluding hydrogens is 248 g/mol. The zero-order valence-electron chi connectivity index (χ0n) is 11.2. The average Bonchev–Trinajstić information content (AvgIpc) is 2.32. The summed E-state index contributed by atoms with van der Waals surface area (Å²) >= 11 is 0. The Hall–Kier alpha value is -0.770. The van der Waals surface area contributed by atoms with Crippen molar-refractivity contribution in [2.75, 3.05) is 26.2 Å². The van der Waals surface area contributed by atoms with Gasteiger partial charge in [0, 0.05) is 38.3 Å². The van der Waals surface area contributed by atoms with Crippen molar-refractivity contribution in [3.63, 3.8) is 0 Å². The molecule has 0 atom stereocenters. The minimum atomic E-state index is 0. The van der Waals surface area contributed by atoms with E-state index in [2.05, 4.69) is 42.3 Å². The lowest BCUT2D eigenvalue weighted by Gasteiger charge is -2.28. The van der Waals surface area contributed by atoms with E-state index in [1.54, 1.807) is 0 Å². The fourth-order valence-corrected chi connectivity index (χ4v) is 2.11. The van der Waals surface area contributed by atoms with Crippen molar-refractivity contribution >= 4 is 12.4 Å². The van der Waals surface area contributed by atoms with Gasteiger partial charge in [0.1, 0.15) is 5.75 Å². The van der Waals surface area contributed by atoms with E-state index in [1.807, 2.05) is 6.07 Å². The number of nitrogens with one attached hydrogen (secondary N) is 1. The summed E-state index contributed by atoms with van der Waals surface area (Å²) < 4.78 is 5.84. The van der Waals surface area contributed by atoms with Crippen molar-refractivity contribution in [3.05, 3.63) is 29.8 Å². The lowest BCUT2D eigenvalue weighted by Crippen LogP contribution is -2.42. The third-order valence-corrected chi connectivity index (χ3v) is 2.94. The second-order valence-electron chi connectivity index (χ2n) is 4.80. The molecule has 1 aliphatic heterocycles. The van der Waals surface area contributed by atoms with Crippen LogP contribution in [0.2, 0.25) is 0 Å². The third kappa shape index (κ3) is 4.48. The smallest absolute Gasteiger partial charge is 0.124 e. The van der Waals surface area contributed by atoms with Crippen LogP contribution in [-0.2, 0) is 6.54 Å². The number of halogens is 1. The summed E-state index contributed by atoms with van der Waals surface area (Å²) in [5, 5.41) is 3.37. The molecule has 1 heterocycles. The molecule has 1 aliphatic rings. The van der Waals surface area contributed by atoms with Gasteiger partial charge in [-0.05, 0) is 19.9 Å². The number of nitrogens with zero attached hydrogens (tertiary/aromatic N) is 1. The Bertz CT molecular complexity index is 351. The van der Waals surface area contributed by atoms with Gasteiger partial charge in [-0.2, -0.15) is 0 Å². The fraction of sp³-hybridized carbons (Fsp3) is 0.571. The number of ether oxygens (including phenoxy) is 1. The van der Waals surface area contributed by atoms with Crippen LogP contribution in [0.1, 0.15) is 19.4 Å². The number of hydrogen-bond donors (Lipinski definition) is 1. The van der Waals surface area contributed by atoms with Crippen LogP contribution in [0, 0.1) is 0 Å². The topological polar surface area (TPSA) is 24.5 Å². The highest BCUT2D eigenvalue weighted by Gasteiger charge is 2.12. The minimum absolute atomic E-state index is 0.